The SMILES string of the molecule is CCCC(C(=O)N1CCN(C(=O)c2ccco2)CC1)c1ccccc1. The summed E-state index contributed by atoms with van der Waals surface area (Å²) in [4.78, 5) is 29.0. The molecule has 1 aromatic heterocycles. The van der Waals surface area contributed by atoms with Crippen LogP contribution in [0.1, 0.15) is 41.8 Å². The maximum atomic E-state index is 13.0. The maximum Gasteiger partial charge on any atom is 0.289 e. The van der Waals surface area contributed by atoms with Gasteiger partial charge >= 0.3 is 0 Å². The van der Waals surface area contributed by atoms with Crippen LogP contribution >= 0.6 is 0 Å². The molecule has 1 aliphatic heterocycles. The number of carbonyl (C=O) groups excluding carboxylic acids is 2. The van der Waals surface area contributed by atoms with Gasteiger partial charge in [0.2, 0.25) is 5.91 Å². The van der Waals surface area contributed by atoms with Gasteiger partial charge in [0.1, 0.15) is 0 Å². The fourth-order valence-corrected chi connectivity index (χ4v) is 3.31. The molecular formula is C20H24N2O3. The zero-order valence-corrected chi connectivity index (χ0v) is 14.6. The minimum Gasteiger partial charge on any atom is -0.459 e. The Bertz CT molecular complexity index is 689. The van der Waals surface area contributed by atoms with Gasteiger partial charge in [-0.1, -0.05) is 43.7 Å². The number of piperazine rings is 1. The molecule has 0 bridgehead atoms. The van der Waals surface area contributed by atoms with Gasteiger partial charge in [-0.25, -0.2) is 0 Å². The standard InChI is InChI=1S/C20H24N2O3/c1-2-7-17(16-8-4-3-5-9-16)19(23)21-11-13-22(14-12-21)20(24)18-10-6-15-25-18/h3-6,8-10,15,17H,2,7,11-14H2,1H3. The van der Waals surface area contributed by atoms with E-state index >= 15 is 0 Å². The first-order chi connectivity index (χ1) is 12.2. The molecule has 25 heavy (non-hydrogen) atoms. The number of hydrogen-bond donors (Lipinski definition) is 0. The van der Waals surface area contributed by atoms with E-state index in [-0.39, 0.29) is 17.7 Å². The topological polar surface area (TPSA) is 53.8 Å². The summed E-state index contributed by atoms with van der Waals surface area (Å²) in [5.74, 6) is 0.315. The first-order valence-electron chi connectivity index (χ1n) is 8.87. The number of benzene rings is 1. The van der Waals surface area contributed by atoms with Crippen molar-refractivity contribution in [2.75, 3.05) is 26.2 Å². The highest BCUT2D eigenvalue weighted by molar-refractivity contribution is 5.91. The second kappa shape index (κ2) is 8.01. The third-order valence-electron chi connectivity index (χ3n) is 4.69. The van der Waals surface area contributed by atoms with Gasteiger partial charge in [0.25, 0.3) is 5.91 Å². The maximum absolute atomic E-state index is 13.0. The van der Waals surface area contributed by atoms with E-state index in [1.165, 1.54) is 6.26 Å². The molecule has 2 heterocycles. The molecule has 1 fully saturated rings. The third kappa shape index (κ3) is 3.92. The smallest absolute Gasteiger partial charge is 0.289 e. The van der Waals surface area contributed by atoms with Crippen LogP contribution in [0.4, 0.5) is 0 Å². The van der Waals surface area contributed by atoms with Crippen LogP contribution in [0.3, 0.4) is 0 Å². The molecule has 2 amide bonds. The first kappa shape index (κ1) is 17.3. The number of hydrogen-bond acceptors (Lipinski definition) is 3. The number of furan rings is 1. The van der Waals surface area contributed by atoms with Crippen LogP contribution in [-0.4, -0.2) is 47.8 Å². The van der Waals surface area contributed by atoms with Gasteiger partial charge in [0.15, 0.2) is 5.76 Å². The van der Waals surface area contributed by atoms with Gasteiger partial charge in [0, 0.05) is 26.2 Å². The highest BCUT2D eigenvalue weighted by Crippen LogP contribution is 2.24. The number of amides is 2. The van der Waals surface area contributed by atoms with Gasteiger partial charge in [0.05, 0.1) is 12.2 Å². The largest absolute Gasteiger partial charge is 0.459 e. The minimum absolute atomic E-state index is 0.0986. The Hall–Kier alpha value is -2.56. The summed E-state index contributed by atoms with van der Waals surface area (Å²) in [5.41, 5.74) is 1.07. The monoisotopic (exact) mass is 340 g/mol. The van der Waals surface area contributed by atoms with Crippen molar-refractivity contribution in [2.45, 2.75) is 25.7 Å². The summed E-state index contributed by atoms with van der Waals surface area (Å²) in [5, 5.41) is 0. The van der Waals surface area contributed by atoms with Crippen LogP contribution in [0.5, 0.6) is 0 Å². The highest BCUT2D eigenvalue weighted by atomic mass is 16.3. The van der Waals surface area contributed by atoms with Crippen LogP contribution in [0.2, 0.25) is 0 Å². The summed E-state index contributed by atoms with van der Waals surface area (Å²) in [7, 11) is 0. The van der Waals surface area contributed by atoms with E-state index < -0.39 is 0 Å². The van der Waals surface area contributed by atoms with Crippen molar-refractivity contribution in [3.8, 4) is 0 Å². The van der Waals surface area contributed by atoms with E-state index in [2.05, 4.69) is 6.92 Å². The van der Waals surface area contributed by atoms with Gasteiger partial charge < -0.3 is 14.2 Å². The van der Waals surface area contributed by atoms with Gasteiger partial charge in [-0.2, -0.15) is 0 Å². The summed E-state index contributed by atoms with van der Waals surface area (Å²) in [6.07, 6.45) is 3.30. The van der Waals surface area contributed by atoms with Crippen LogP contribution in [0, 0.1) is 0 Å². The lowest BCUT2D eigenvalue weighted by molar-refractivity contribution is -0.134. The van der Waals surface area contributed by atoms with Crippen LogP contribution in [0.25, 0.3) is 0 Å². The summed E-state index contributed by atoms with van der Waals surface area (Å²) < 4.78 is 5.18. The molecular weight excluding hydrogens is 316 g/mol. The molecule has 1 aliphatic rings. The fraction of sp³-hybridized carbons (Fsp3) is 0.400. The molecule has 0 saturated carbocycles. The normalized spacial score (nSPS) is 15.9. The quantitative estimate of drug-likeness (QED) is 0.840. The zero-order valence-electron chi connectivity index (χ0n) is 14.6. The van der Waals surface area contributed by atoms with Crippen LogP contribution in [0.15, 0.2) is 53.1 Å². The molecule has 5 heteroatoms. The Morgan fingerprint density at radius 3 is 2.28 bits per heavy atom. The molecule has 1 saturated heterocycles. The Morgan fingerprint density at radius 2 is 1.68 bits per heavy atom. The van der Waals surface area contributed by atoms with E-state index in [1.807, 2.05) is 35.2 Å². The molecule has 1 atom stereocenters. The number of rotatable bonds is 5. The predicted octanol–water partition coefficient (Wildman–Crippen LogP) is 3.15. The van der Waals surface area contributed by atoms with Gasteiger partial charge in [-0.3, -0.25) is 9.59 Å². The predicted molar refractivity (Wildman–Crippen MR) is 95.3 cm³/mol. The summed E-state index contributed by atoms with van der Waals surface area (Å²) in [6, 6.07) is 13.4. The molecule has 0 N–H and O–H groups in total. The molecule has 2 aromatic rings. The van der Waals surface area contributed by atoms with E-state index in [1.54, 1.807) is 17.0 Å². The lowest BCUT2D eigenvalue weighted by atomic mass is 9.93. The lowest BCUT2D eigenvalue weighted by Gasteiger charge is -2.36. The van der Waals surface area contributed by atoms with Crippen molar-refractivity contribution < 1.29 is 14.0 Å². The molecule has 5 nitrogen and oxygen atoms in total. The molecule has 1 unspecified atom stereocenters. The molecule has 132 valence electrons. The van der Waals surface area contributed by atoms with Crippen molar-refractivity contribution in [1.29, 1.82) is 0 Å². The van der Waals surface area contributed by atoms with Crippen molar-refractivity contribution in [3.05, 3.63) is 60.1 Å². The van der Waals surface area contributed by atoms with E-state index in [4.69, 9.17) is 4.42 Å². The number of nitrogens with zero attached hydrogens (tertiary/aromatic N) is 2. The van der Waals surface area contributed by atoms with Gasteiger partial charge in [-0.05, 0) is 24.1 Å². The molecule has 0 radical (unpaired) electrons. The van der Waals surface area contributed by atoms with E-state index in [9.17, 15) is 9.59 Å². The Kier molecular flexibility index (Phi) is 5.53. The van der Waals surface area contributed by atoms with Crippen molar-refractivity contribution in [3.63, 3.8) is 0 Å². The van der Waals surface area contributed by atoms with Crippen LogP contribution < -0.4 is 0 Å². The summed E-state index contributed by atoms with van der Waals surface area (Å²) >= 11 is 0. The zero-order chi connectivity index (χ0) is 17.6. The van der Waals surface area contributed by atoms with E-state index in [0.717, 1.165) is 18.4 Å². The number of carbonyl (C=O) groups is 2. The Morgan fingerprint density at radius 1 is 1.00 bits per heavy atom. The average Bonchev–Trinajstić information content (AvgIpc) is 3.20. The molecule has 0 spiro atoms. The molecule has 3 rings (SSSR count). The third-order valence-corrected chi connectivity index (χ3v) is 4.69. The first-order valence-corrected chi connectivity index (χ1v) is 8.87. The average molecular weight is 340 g/mol. The van der Waals surface area contributed by atoms with Crippen molar-refractivity contribution >= 4 is 11.8 Å². The lowest BCUT2D eigenvalue weighted by Crippen LogP contribution is -2.51. The molecule has 1 aromatic carbocycles. The van der Waals surface area contributed by atoms with Crippen LogP contribution in [-0.2, 0) is 4.79 Å². The van der Waals surface area contributed by atoms with Gasteiger partial charge in [-0.15, -0.1) is 0 Å². The fourth-order valence-electron chi connectivity index (χ4n) is 3.31. The molecule has 0 aliphatic carbocycles. The highest BCUT2D eigenvalue weighted by Gasteiger charge is 2.30. The van der Waals surface area contributed by atoms with Crippen molar-refractivity contribution in [2.24, 2.45) is 0 Å². The second-order valence-corrected chi connectivity index (χ2v) is 6.35. The minimum atomic E-state index is -0.106. The summed E-state index contributed by atoms with van der Waals surface area (Å²) in [6.45, 7) is 4.32. The van der Waals surface area contributed by atoms with Crippen molar-refractivity contribution in [1.82, 2.24) is 9.80 Å². The van der Waals surface area contributed by atoms with E-state index in [0.29, 0.717) is 31.9 Å². The Labute approximate surface area is 148 Å². The second-order valence-electron chi connectivity index (χ2n) is 6.35. The Balaban J connectivity index is 1.63.